The number of aromatic nitrogens is 5. The number of halogens is 1. The molecular formula is C20H17FN6O2. The number of ether oxygens (including phenoxy) is 1. The largest absolute Gasteiger partial charge is 0.492 e. The highest BCUT2D eigenvalue weighted by Gasteiger charge is 2.11. The zero-order chi connectivity index (χ0) is 20.1. The van der Waals surface area contributed by atoms with Crippen molar-refractivity contribution >= 4 is 11.6 Å². The number of carbonyl (C=O) groups excluding carboxylic acids is 1. The molecule has 2 aromatic carbocycles. The summed E-state index contributed by atoms with van der Waals surface area (Å²) < 4.78 is 22.2. The minimum absolute atomic E-state index is 0.215. The van der Waals surface area contributed by atoms with Crippen LogP contribution in [0.4, 0.5) is 10.1 Å². The Labute approximate surface area is 165 Å². The zero-order valence-electron chi connectivity index (χ0n) is 15.3. The van der Waals surface area contributed by atoms with Gasteiger partial charge in [-0.2, -0.15) is 10.2 Å². The predicted molar refractivity (Wildman–Crippen MR) is 103 cm³/mol. The average Bonchev–Trinajstić information content (AvgIpc) is 3.41. The summed E-state index contributed by atoms with van der Waals surface area (Å²) >= 11 is 0. The maximum atomic E-state index is 13.4. The second kappa shape index (κ2) is 8.34. The van der Waals surface area contributed by atoms with Crippen LogP contribution in [0.3, 0.4) is 0 Å². The van der Waals surface area contributed by atoms with Crippen LogP contribution in [-0.4, -0.2) is 37.1 Å². The van der Waals surface area contributed by atoms with Crippen LogP contribution in [0.25, 0.3) is 5.69 Å². The topological polar surface area (TPSA) is 86.9 Å². The van der Waals surface area contributed by atoms with Crippen LogP contribution in [0.5, 0.6) is 5.75 Å². The summed E-state index contributed by atoms with van der Waals surface area (Å²) in [6, 6.07) is 14.6. The van der Waals surface area contributed by atoms with Crippen molar-refractivity contribution in [2.75, 3.05) is 11.9 Å². The van der Waals surface area contributed by atoms with E-state index in [4.69, 9.17) is 4.74 Å². The fourth-order valence-corrected chi connectivity index (χ4v) is 2.67. The third kappa shape index (κ3) is 4.64. The van der Waals surface area contributed by atoms with E-state index < -0.39 is 0 Å². The van der Waals surface area contributed by atoms with Crippen LogP contribution < -0.4 is 10.1 Å². The first kappa shape index (κ1) is 18.4. The molecule has 8 nitrogen and oxygen atoms in total. The van der Waals surface area contributed by atoms with E-state index in [0.717, 1.165) is 0 Å². The number of hydrogen-bond donors (Lipinski definition) is 1. The molecule has 4 aromatic rings. The van der Waals surface area contributed by atoms with Crippen LogP contribution in [0.15, 0.2) is 73.4 Å². The Morgan fingerprint density at radius 3 is 2.86 bits per heavy atom. The average molecular weight is 392 g/mol. The third-order valence-corrected chi connectivity index (χ3v) is 4.04. The van der Waals surface area contributed by atoms with Gasteiger partial charge in [0.15, 0.2) is 5.69 Å². The molecule has 0 aliphatic rings. The van der Waals surface area contributed by atoms with Gasteiger partial charge >= 0.3 is 0 Å². The molecule has 0 aliphatic carbocycles. The number of anilines is 1. The fourth-order valence-electron chi connectivity index (χ4n) is 2.67. The molecule has 0 saturated heterocycles. The Morgan fingerprint density at radius 2 is 2.03 bits per heavy atom. The Morgan fingerprint density at radius 1 is 1.14 bits per heavy atom. The molecule has 4 rings (SSSR count). The zero-order valence-corrected chi connectivity index (χ0v) is 15.3. The van der Waals surface area contributed by atoms with Crippen molar-refractivity contribution in [2.24, 2.45) is 0 Å². The number of nitrogens with one attached hydrogen (secondary N) is 1. The number of benzene rings is 2. The quantitative estimate of drug-likeness (QED) is 0.523. The second-order valence-electron chi connectivity index (χ2n) is 6.11. The van der Waals surface area contributed by atoms with Gasteiger partial charge < -0.3 is 10.1 Å². The lowest BCUT2D eigenvalue weighted by molar-refractivity contribution is 0.102. The Hall–Kier alpha value is -4.01. The molecular weight excluding hydrogens is 375 g/mol. The SMILES string of the molecule is O=C(Nc1cccc(OCCn2cncn2)c1)c1ccn(-c2cccc(F)c2)n1. The summed E-state index contributed by atoms with van der Waals surface area (Å²) in [5, 5.41) is 11.0. The van der Waals surface area contributed by atoms with Gasteiger partial charge in [0.25, 0.3) is 5.91 Å². The molecule has 0 aliphatic heterocycles. The summed E-state index contributed by atoms with van der Waals surface area (Å²) in [6.45, 7) is 0.979. The maximum Gasteiger partial charge on any atom is 0.276 e. The minimum Gasteiger partial charge on any atom is -0.492 e. The van der Waals surface area contributed by atoms with Crippen molar-refractivity contribution in [3.8, 4) is 11.4 Å². The second-order valence-corrected chi connectivity index (χ2v) is 6.11. The summed E-state index contributed by atoms with van der Waals surface area (Å²) in [4.78, 5) is 16.4. The van der Waals surface area contributed by atoms with E-state index in [-0.39, 0.29) is 17.4 Å². The van der Waals surface area contributed by atoms with Crippen LogP contribution in [0.2, 0.25) is 0 Å². The smallest absolute Gasteiger partial charge is 0.276 e. The Kier molecular flexibility index (Phi) is 5.28. The maximum absolute atomic E-state index is 13.4. The fraction of sp³-hybridized carbons (Fsp3) is 0.100. The first-order valence-corrected chi connectivity index (χ1v) is 8.86. The molecule has 0 atom stereocenters. The molecule has 0 fully saturated rings. The van der Waals surface area contributed by atoms with Crippen molar-refractivity contribution in [1.82, 2.24) is 24.5 Å². The number of carbonyl (C=O) groups is 1. The lowest BCUT2D eigenvalue weighted by Crippen LogP contribution is -2.13. The molecule has 1 N–H and O–H groups in total. The standard InChI is InChI=1S/C20H17FN6O2/c21-15-3-1-5-17(11-15)27-8-7-19(25-27)20(28)24-16-4-2-6-18(12-16)29-10-9-26-14-22-13-23-26/h1-8,11-14H,9-10H2,(H,24,28). The van der Waals surface area contributed by atoms with E-state index in [2.05, 4.69) is 20.5 Å². The molecule has 2 aromatic heterocycles. The van der Waals surface area contributed by atoms with Crippen LogP contribution in [-0.2, 0) is 6.54 Å². The minimum atomic E-state index is -0.375. The molecule has 0 saturated carbocycles. The molecule has 9 heteroatoms. The summed E-state index contributed by atoms with van der Waals surface area (Å²) in [6.07, 6.45) is 4.68. The van der Waals surface area contributed by atoms with Gasteiger partial charge in [0.2, 0.25) is 0 Å². The van der Waals surface area contributed by atoms with E-state index in [1.165, 1.54) is 23.1 Å². The molecule has 146 valence electrons. The lowest BCUT2D eigenvalue weighted by atomic mass is 10.3. The molecule has 0 radical (unpaired) electrons. The monoisotopic (exact) mass is 392 g/mol. The summed E-state index contributed by atoms with van der Waals surface area (Å²) in [7, 11) is 0. The number of hydrogen-bond acceptors (Lipinski definition) is 5. The molecule has 0 unspecified atom stereocenters. The van der Waals surface area contributed by atoms with Crippen molar-refractivity contribution in [3.63, 3.8) is 0 Å². The summed E-state index contributed by atoms with van der Waals surface area (Å²) in [5.41, 5.74) is 1.33. The van der Waals surface area contributed by atoms with Crippen LogP contribution >= 0.6 is 0 Å². The van der Waals surface area contributed by atoms with Crippen molar-refractivity contribution in [3.05, 3.63) is 85.0 Å². The van der Waals surface area contributed by atoms with E-state index >= 15 is 0 Å². The first-order valence-electron chi connectivity index (χ1n) is 8.86. The summed E-state index contributed by atoms with van der Waals surface area (Å²) in [5.74, 6) is -0.127. The van der Waals surface area contributed by atoms with Crippen molar-refractivity contribution in [2.45, 2.75) is 6.54 Å². The van der Waals surface area contributed by atoms with Crippen LogP contribution in [0.1, 0.15) is 10.5 Å². The van der Waals surface area contributed by atoms with E-state index in [0.29, 0.717) is 30.3 Å². The predicted octanol–water partition coefficient (Wildman–Crippen LogP) is 2.93. The Balaban J connectivity index is 1.38. The van der Waals surface area contributed by atoms with Gasteiger partial charge in [-0.3, -0.25) is 4.79 Å². The van der Waals surface area contributed by atoms with Gasteiger partial charge in [0.1, 0.15) is 30.8 Å². The number of amides is 1. The normalized spacial score (nSPS) is 10.7. The van der Waals surface area contributed by atoms with Crippen LogP contribution in [0, 0.1) is 5.82 Å². The van der Waals surface area contributed by atoms with Gasteiger partial charge in [-0.1, -0.05) is 12.1 Å². The van der Waals surface area contributed by atoms with E-state index in [1.54, 1.807) is 59.7 Å². The highest BCUT2D eigenvalue weighted by molar-refractivity contribution is 6.02. The number of rotatable bonds is 7. The molecule has 29 heavy (non-hydrogen) atoms. The van der Waals surface area contributed by atoms with Gasteiger partial charge in [-0.05, 0) is 36.4 Å². The highest BCUT2D eigenvalue weighted by Crippen LogP contribution is 2.18. The van der Waals surface area contributed by atoms with Crippen molar-refractivity contribution < 1.29 is 13.9 Å². The molecule has 1 amide bonds. The van der Waals surface area contributed by atoms with Gasteiger partial charge in [0.05, 0.1) is 12.2 Å². The molecule has 0 spiro atoms. The van der Waals surface area contributed by atoms with Gasteiger partial charge in [-0.15, -0.1) is 0 Å². The van der Waals surface area contributed by atoms with Gasteiger partial charge in [-0.25, -0.2) is 18.7 Å². The van der Waals surface area contributed by atoms with E-state index in [9.17, 15) is 9.18 Å². The van der Waals surface area contributed by atoms with E-state index in [1.807, 2.05) is 0 Å². The van der Waals surface area contributed by atoms with Crippen molar-refractivity contribution in [1.29, 1.82) is 0 Å². The Bertz CT molecular complexity index is 1110. The highest BCUT2D eigenvalue weighted by atomic mass is 19.1. The van der Waals surface area contributed by atoms with Gasteiger partial charge in [0, 0.05) is 18.0 Å². The lowest BCUT2D eigenvalue weighted by Gasteiger charge is -2.08. The molecule has 0 bridgehead atoms. The third-order valence-electron chi connectivity index (χ3n) is 4.04. The molecule has 2 heterocycles. The number of nitrogens with zero attached hydrogens (tertiary/aromatic N) is 5. The first-order chi connectivity index (χ1) is 14.2.